The summed E-state index contributed by atoms with van der Waals surface area (Å²) in [6.07, 6.45) is 8.38. The van der Waals surface area contributed by atoms with Crippen LogP contribution in [-0.4, -0.2) is 24.6 Å². The van der Waals surface area contributed by atoms with Gasteiger partial charge in [-0.1, -0.05) is 38.2 Å². The Hall–Kier alpha value is -1.71. The third-order valence-corrected chi connectivity index (χ3v) is 4.77. The number of carbonyl (C=O) groups is 1. The number of rotatable bonds is 5. The summed E-state index contributed by atoms with van der Waals surface area (Å²) < 4.78 is 10.7. The number of ether oxygens (including phenoxy) is 2. The smallest absolute Gasteiger partial charge is 0.231 e. The second-order valence-electron chi connectivity index (χ2n) is 6.48. The number of nitrogens with zero attached hydrogens (tertiary/aromatic N) is 1. The van der Waals surface area contributed by atoms with Crippen molar-refractivity contribution in [2.45, 2.75) is 51.5 Å². The van der Waals surface area contributed by atoms with E-state index in [-0.39, 0.29) is 12.7 Å². The molecular formula is C18H25NO3. The fourth-order valence-electron chi connectivity index (χ4n) is 3.40. The monoisotopic (exact) mass is 303 g/mol. The van der Waals surface area contributed by atoms with Crippen molar-refractivity contribution < 1.29 is 14.3 Å². The van der Waals surface area contributed by atoms with E-state index >= 15 is 0 Å². The lowest BCUT2D eigenvalue weighted by molar-refractivity contribution is -0.130. The summed E-state index contributed by atoms with van der Waals surface area (Å²) in [7, 11) is 1.88. The van der Waals surface area contributed by atoms with Crippen LogP contribution >= 0.6 is 0 Å². The lowest BCUT2D eigenvalue weighted by atomic mass is 9.86. The topological polar surface area (TPSA) is 38.8 Å². The molecule has 120 valence electrons. The molecule has 0 N–H and O–H groups in total. The largest absolute Gasteiger partial charge is 0.454 e. The van der Waals surface area contributed by atoms with E-state index in [2.05, 4.69) is 0 Å². The van der Waals surface area contributed by atoms with Crippen LogP contribution < -0.4 is 9.47 Å². The molecular weight excluding hydrogens is 278 g/mol. The van der Waals surface area contributed by atoms with Crippen molar-refractivity contribution in [3.05, 3.63) is 23.8 Å². The van der Waals surface area contributed by atoms with Crippen molar-refractivity contribution in [2.75, 3.05) is 13.8 Å². The van der Waals surface area contributed by atoms with Gasteiger partial charge in [0.1, 0.15) is 0 Å². The van der Waals surface area contributed by atoms with Crippen LogP contribution in [0.25, 0.3) is 0 Å². The number of fused-ring (bicyclic) bond motifs is 1. The third-order valence-electron chi connectivity index (χ3n) is 4.77. The number of hydrogen-bond acceptors (Lipinski definition) is 3. The maximum Gasteiger partial charge on any atom is 0.231 e. The van der Waals surface area contributed by atoms with E-state index < -0.39 is 0 Å². The first-order valence-corrected chi connectivity index (χ1v) is 8.35. The SMILES string of the molecule is CN(Cc1ccc2c(c1)OCO2)C(=O)CCC1CCCCC1. The van der Waals surface area contributed by atoms with Crippen LogP contribution in [-0.2, 0) is 11.3 Å². The molecule has 0 atom stereocenters. The highest BCUT2D eigenvalue weighted by Gasteiger charge is 2.18. The van der Waals surface area contributed by atoms with Crippen LogP contribution in [0.2, 0.25) is 0 Å². The molecule has 2 aliphatic rings. The standard InChI is InChI=1S/C18H25NO3/c1-19(18(20)10-8-14-5-3-2-4-6-14)12-15-7-9-16-17(11-15)22-13-21-16/h7,9,11,14H,2-6,8,10,12-13H2,1H3. The van der Waals surface area contributed by atoms with Gasteiger partial charge in [0.15, 0.2) is 11.5 Å². The predicted molar refractivity (Wildman–Crippen MR) is 84.8 cm³/mol. The van der Waals surface area contributed by atoms with Gasteiger partial charge in [-0.05, 0) is 30.0 Å². The van der Waals surface area contributed by atoms with Gasteiger partial charge in [-0.15, -0.1) is 0 Å². The Balaban J connectivity index is 1.48. The second kappa shape index (κ2) is 7.03. The first kappa shape index (κ1) is 15.2. The molecule has 0 saturated heterocycles. The Kier molecular flexibility index (Phi) is 4.86. The normalized spacial score (nSPS) is 17.5. The molecule has 1 amide bonds. The first-order valence-electron chi connectivity index (χ1n) is 8.35. The fraction of sp³-hybridized carbons (Fsp3) is 0.611. The summed E-state index contributed by atoms with van der Waals surface area (Å²) in [5.74, 6) is 2.57. The van der Waals surface area contributed by atoms with Crippen LogP contribution in [0, 0.1) is 5.92 Å². The van der Waals surface area contributed by atoms with Crippen molar-refractivity contribution in [2.24, 2.45) is 5.92 Å². The molecule has 0 aromatic heterocycles. The van der Waals surface area contributed by atoms with Gasteiger partial charge in [0.2, 0.25) is 12.7 Å². The average molecular weight is 303 g/mol. The summed E-state index contributed by atoms with van der Waals surface area (Å²) >= 11 is 0. The molecule has 1 heterocycles. The van der Waals surface area contributed by atoms with Gasteiger partial charge < -0.3 is 14.4 Å². The Morgan fingerprint density at radius 3 is 2.77 bits per heavy atom. The number of benzene rings is 1. The minimum atomic E-state index is 0.239. The second-order valence-corrected chi connectivity index (χ2v) is 6.48. The molecule has 1 aromatic rings. The quantitative estimate of drug-likeness (QED) is 0.832. The molecule has 1 aliphatic heterocycles. The van der Waals surface area contributed by atoms with Crippen molar-refractivity contribution in [3.8, 4) is 11.5 Å². The van der Waals surface area contributed by atoms with Crippen LogP contribution in [0.4, 0.5) is 0 Å². The molecule has 1 aromatic carbocycles. The van der Waals surface area contributed by atoms with E-state index in [0.717, 1.165) is 29.4 Å². The third kappa shape index (κ3) is 3.73. The number of carbonyl (C=O) groups excluding carboxylic acids is 1. The van der Waals surface area contributed by atoms with E-state index in [4.69, 9.17) is 9.47 Å². The van der Waals surface area contributed by atoms with Crippen molar-refractivity contribution in [3.63, 3.8) is 0 Å². The minimum Gasteiger partial charge on any atom is -0.454 e. The highest BCUT2D eigenvalue weighted by atomic mass is 16.7. The molecule has 1 aliphatic carbocycles. The van der Waals surface area contributed by atoms with E-state index in [9.17, 15) is 4.79 Å². The molecule has 1 fully saturated rings. The highest BCUT2D eigenvalue weighted by molar-refractivity contribution is 5.75. The Morgan fingerprint density at radius 1 is 1.18 bits per heavy atom. The van der Waals surface area contributed by atoms with Crippen molar-refractivity contribution in [1.29, 1.82) is 0 Å². The molecule has 0 bridgehead atoms. The van der Waals surface area contributed by atoms with E-state index in [1.165, 1.54) is 32.1 Å². The summed E-state index contributed by atoms with van der Waals surface area (Å²) in [6, 6.07) is 5.88. The zero-order valence-electron chi connectivity index (χ0n) is 13.3. The van der Waals surface area contributed by atoms with Gasteiger partial charge in [-0.2, -0.15) is 0 Å². The molecule has 22 heavy (non-hydrogen) atoms. The van der Waals surface area contributed by atoms with E-state index in [1.807, 2.05) is 30.1 Å². The Bertz CT molecular complexity index is 523. The maximum atomic E-state index is 12.3. The van der Waals surface area contributed by atoms with Gasteiger partial charge in [0.05, 0.1) is 0 Å². The van der Waals surface area contributed by atoms with Crippen LogP contribution in [0.15, 0.2) is 18.2 Å². The Labute approximate surface area is 132 Å². The van der Waals surface area contributed by atoms with Crippen LogP contribution in [0.5, 0.6) is 11.5 Å². The maximum absolute atomic E-state index is 12.3. The number of hydrogen-bond donors (Lipinski definition) is 0. The van der Waals surface area contributed by atoms with Gasteiger partial charge >= 0.3 is 0 Å². The zero-order chi connectivity index (χ0) is 15.4. The van der Waals surface area contributed by atoms with Crippen LogP contribution in [0.3, 0.4) is 0 Å². The highest BCUT2D eigenvalue weighted by Crippen LogP contribution is 2.33. The summed E-state index contributed by atoms with van der Waals surface area (Å²) in [4.78, 5) is 14.1. The molecule has 0 unspecified atom stereocenters. The number of amides is 1. The molecule has 4 nitrogen and oxygen atoms in total. The van der Waals surface area contributed by atoms with Crippen LogP contribution in [0.1, 0.15) is 50.5 Å². The summed E-state index contributed by atoms with van der Waals surface area (Å²) in [5, 5.41) is 0. The molecule has 4 heteroatoms. The van der Waals surface area contributed by atoms with Gasteiger partial charge in [-0.3, -0.25) is 4.79 Å². The van der Waals surface area contributed by atoms with E-state index in [1.54, 1.807) is 0 Å². The lowest BCUT2D eigenvalue weighted by Gasteiger charge is -2.23. The molecule has 0 radical (unpaired) electrons. The zero-order valence-corrected chi connectivity index (χ0v) is 13.3. The minimum absolute atomic E-state index is 0.239. The Morgan fingerprint density at radius 2 is 1.95 bits per heavy atom. The average Bonchev–Trinajstić information content (AvgIpc) is 3.01. The van der Waals surface area contributed by atoms with E-state index in [0.29, 0.717) is 13.0 Å². The first-order chi connectivity index (χ1) is 10.7. The lowest BCUT2D eigenvalue weighted by Crippen LogP contribution is -2.26. The van der Waals surface area contributed by atoms with Gasteiger partial charge in [0.25, 0.3) is 0 Å². The molecule has 3 rings (SSSR count). The van der Waals surface area contributed by atoms with Gasteiger partial charge in [0, 0.05) is 20.0 Å². The summed E-state index contributed by atoms with van der Waals surface area (Å²) in [5.41, 5.74) is 1.08. The van der Waals surface area contributed by atoms with Gasteiger partial charge in [-0.25, -0.2) is 0 Å². The fourth-order valence-corrected chi connectivity index (χ4v) is 3.40. The van der Waals surface area contributed by atoms with Crippen molar-refractivity contribution >= 4 is 5.91 Å². The molecule has 0 spiro atoms. The predicted octanol–water partition coefficient (Wildman–Crippen LogP) is 3.73. The van der Waals surface area contributed by atoms with Crippen molar-refractivity contribution in [1.82, 2.24) is 4.90 Å². The molecule has 1 saturated carbocycles. The summed E-state index contributed by atoms with van der Waals surface area (Å²) in [6.45, 7) is 0.912.